The Bertz CT molecular complexity index is 709. The number of carbonyl (C=O) groups is 1. The van der Waals surface area contributed by atoms with Crippen LogP contribution in [0.3, 0.4) is 0 Å². The second-order valence-corrected chi connectivity index (χ2v) is 6.07. The highest BCUT2D eigenvalue weighted by Gasteiger charge is 2.28. The Morgan fingerprint density at radius 2 is 2.09 bits per heavy atom. The predicted octanol–water partition coefficient (Wildman–Crippen LogP) is 2.30. The van der Waals surface area contributed by atoms with Gasteiger partial charge in [0.25, 0.3) is 0 Å². The molecule has 1 amide bonds. The van der Waals surface area contributed by atoms with Crippen LogP contribution < -0.4 is 0 Å². The molecule has 1 saturated heterocycles. The van der Waals surface area contributed by atoms with Gasteiger partial charge in [0.05, 0.1) is 17.6 Å². The lowest BCUT2D eigenvalue weighted by molar-refractivity contribution is -0.132. The maximum atomic E-state index is 12.0. The molecule has 3 heterocycles. The van der Waals surface area contributed by atoms with Crippen molar-refractivity contribution >= 4 is 5.91 Å². The van der Waals surface area contributed by atoms with Crippen LogP contribution in [0.25, 0.3) is 11.4 Å². The van der Waals surface area contributed by atoms with Gasteiger partial charge in [-0.15, -0.1) is 0 Å². The van der Waals surface area contributed by atoms with Crippen molar-refractivity contribution in [3.05, 3.63) is 30.1 Å². The van der Waals surface area contributed by atoms with Crippen molar-refractivity contribution in [2.24, 2.45) is 7.05 Å². The number of piperidine rings is 1. The molecule has 0 aromatic carbocycles. The van der Waals surface area contributed by atoms with Crippen LogP contribution in [0.5, 0.6) is 0 Å². The van der Waals surface area contributed by atoms with Crippen LogP contribution >= 0.6 is 0 Å². The molecule has 2 aromatic rings. The number of hydrogen-bond acceptors (Lipinski definition) is 4. The molecule has 1 atom stereocenters. The molecule has 6 heteroatoms. The van der Waals surface area contributed by atoms with Crippen LogP contribution in [0.15, 0.2) is 18.6 Å². The number of imidazole rings is 1. The zero-order chi connectivity index (χ0) is 16.4. The van der Waals surface area contributed by atoms with E-state index in [0.29, 0.717) is 6.42 Å². The topological polar surface area (TPSA) is 63.9 Å². The summed E-state index contributed by atoms with van der Waals surface area (Å²) in [5.41, 5.74) is 2.83. The van der Waals surface area contributed by atoms with Crippen LogP contribution in [0.1, 0.15) is 43.6 Å². The lowest BCUT2D eigenvalue weighted by Crippen LogP contribution is -2.39. The Labute approximate surface area is 136 Å². The largest absolute Gasteiger partial charge is 0.342 e. The van der Waals surface area contributed by atoms with Crippen molar-refractivity contribution < 1.29 is 4.79 Å². The quantitative estimate of drug-likeness (QED) is 0.872. The molecule has 23 heavy (non-hydrogen) atoms. The number of nitrogens with zero attached hydrogens (tertiary/aromatic N) is 5. The van der Waals surface area contributed by atoms with Crippen molar-refractivity contribution in [3.63, 3.8) is 0 Å². The van der Waals surface area contributed by atoms with E-state index in [1.54, 1.807) is 12.4 Å². The molecule has 0 N–H and O–H groups in total. The second kappa shape index (κ2) is 6.48. The van der Waals surface area contributed by atoms with E-state index in [0.717, 1.165) is 48.8 Å². The average Bonchev–Trinajstić information content (AvgIpc) is 2.93. The molecule has 2 aromatic heterocycles. The summed E-state index contributed by atoms with van der Waals surface area (Å²) in [6.07, 6.45) is 7.91. The number of rotatable bonds is 3. The van der Waals surface area contributed by atoms with E-state index in [9.17, 15) is 4.79 Å². The fraction of sp³-hybridized carbons (Fsp3) is 0.529. The lowest BCUT2D eigenvalue weighted by Gasteiger charge is -2.32. The zero-order valence-corrected chi connectivity index (χ0v) is 14.0. The van der Waals surface area contributed by atoms with Crippen molar-refractivity contribution in [3.8, 4) is 11.4 Å². The predicted molar refractivity (Wildman–Crippen MR) is 87.8 cm³/mol. The van der Waals surface area contributed by atoms with Gasteiger partial charge < -0.3 is 9.47 Å². The average molecular weight is 313 g/mol. The second-order valence-electron chi connectivity index (χ2n) is 6.07. The SMILES string of the molecule is CCC(=O)N1CCC[C@H](c2nccnc2-c2cnc(C)n2C)C1. The molecule has 122 valence electrons. The molecule has 0 radical (unpaired) electrons. The van der Waals surface area contributed by atoms with Gasteiger partial charge >= 0.3 is 0 Å². The van der Waals surface area contributed by atoms with Crippen LogP contribution in [0, 0.1) is 6.92 Å². The van der Waals surface area contributed by atoms with E-state index in [1.807, 2.05) is 36.6 Å². The molecule has 3 rings (SSSR count). The Balaban J connectivity index is 1.94. The van der Waals surface area contributed by atoms with E-state index >= 15 is 0 Å². The van der Waals surface area contributed by atoms with Gasteiger partial charge in [-0.25, -0.2) is 4.98 Å². The monoisotopic (exact) mass is 313 g/mol. The third-order valence-electron chi connectivity index (χ3n) is 4.65. The summed E-state index contributed by atoms with van der Waals surface area (Å²) < 4.78 is 2.03. The Morgan fingerprint density at radius 1 is 1.30 bits per heavy atom. The molecule has 6 nitrogen and oxygen atoms in total. The summed E-state index contributed by atoms with van der Waals surface area (Å²) in [7, 11) is 1.99. The van der Waals surface area contributed by atoms with Gasteiger partial charge in [-0.05, 0) is 19.8 Å². The first-order chi connectivity index (χ1) is 11.1. The highest BCUT2D eigenvalue weighted by atomic mass is 16.2. The number of carbonyl (C=O) groups excluding carboxylic acids is 1. The highest BCUT2D eigenvalue weighted by molar-refractivity contribution is 5.76. The first-order valence-corrected chi connectivity index (χ1v) is 8.19. The van der Waals surface area contributed by atoms with Gasteiger partial charge in [-0.2, -0.15) is 0 Å². The minimum Gasteiger partial charge on any atom is -0.342 e. The molecule has 0 spiro atoms. The van der Waals surface area contributed by atoms with Gasteiger partial charge in [-0.3, -0.25) is 14.8 Å². The van der Waals surface area contributed by atoms with Crippen LogP contribution in [0.2, 0.25) is 0 Å². The minimum absolute atomic E-state index is 0.219. The molecule has 0 bridgehead atoms. The number of likely N-dealkylation sites (tertiary alicyclic amines) is 1. The Kier molecular flexibility index (Phi) is 4.41. The minimum atomic E-state index is 0.219. The standard InChI is InChI=1S/C17H23N5O/c1-4-15(23)22-9-5-6-13(11-22)16-17(19-8-7-18-16)14-10-20-12(2)21(14)3/h7-8,10,13H,4-6,9,11H2,1-3H3/t13-/m0/s1. The molecular formula is C17H23N5O. The summed E-state index contributed by atoms with van der Waals surface area (Å²) in [5, 5.41) is 0. The number of hydrogen-bond donors (Lipinski definition) is 0. The highest BCUT2D eigenvalue weighted by Crippen LogP contribution is 2.31. The first-order valence-electron chi connectivity index (χ1n) is 8.19. The number of aromatic nitrogens is 4. The van der Waals surface area contributed by atoms with Gasteiger partial charge in [0.15, 0.2) is 0 Å². The molecule has 1 fully saturated rings. The van der Waals surface area contributed by atoms with Gasteiger partial charge in [0.1, 0.15) is 11.5 Å². The van der Waals surface area contributed by atoms with Crippen LogP contribution in [-0.2, 0) is 11.8 Å². The summed E-state index contributed by atoms with van der Waals surface area (Å²) in [5.74, 6) is 1.40. The fourth-order valence-corrected chi connectivity index (χ4v) is 3.22. The molecule has 1 aliphatic rings. The Morgan fingerprint density at radius 3 is 2.78 bits per heavy atom. The van der Waals surface area contributed by atoms with E-state index in [1.165, 1.54) is 0 Å². The molecule has 0 aliphatic carbocycles. The Hall–Kier alpha value is -2.24. The number of amides is 1. The van der Waals surface area contributed by atoms with Crippen molar-refractivity contribution in [1.82, 2.24) is 24.4 Å². The third-order valence-corrected chi connectivity index (χ3v) is 4.65. The summed E-state index contributed by atoms with van der Waals surface area (Å²) in [6, 6.07) is 0. The summed E-state index contributed by atoms with van der Waals surface area (Å²) in [6.45, 7) is 5.47. The van der Waals surface area contributed by atoms with Gasteiger partial charge in [0.2, 0.25) is 5.91 Å². The van der Waals surface area contributed by atoms with E-state index in [-0.39, 0.29) is 11.8 Å². The van der Waals surface area contributed by atoms with Crippen LogP contribution in [-0.4, -0.2) is 43.4 Å². The summed E-state index contributed by atoms with van der Waals surface area (Å²) >= 11 is 0. The maximum Gasteiger partial charge on any atom is 0.222 e. The van der Waals surface area contributed by atoms with Crippen molar-refractivity contribution in [1.29, 1.82) is 0 Å². The molecule has 0 unspecified atom stereocenters. The summed E-state index contributed by atoms with van der Waals surface area (Å²) in [4.78, 5) is 27.5. The van der Waals surface area contributed by atoms with Gasteiger partial charge in [-0.1, -0.05) is 6.92 Å². The van der Waals surface area contributed by atoms with Crippen molar-refractivity contribution in [2.45, 2.75) is 39.0 Å². The van der Waals surface area contributed by atoms with Crippen molar-refractivity contribution in [2.75, 3.05) is 13.1 Å². The van der Waals surface area contributed by atoms with E-state index in [4.69, 9.17) is 0 Å². The normalized spacial score (nSPS) is 18.2. The fourth-order valence-electron chi connectivity index (χ4n) is 3.22. The molecular weight excluding hydrogens is 290 g/mol. The molecule has 1 aliphatic heterocycles. The third kappa shape index (κ3) is 2.98. The first kappa shape index (κ1) is 15.6. The van der Waals surface area contributed by atoms with E-state index in [2.05, 4.69) is 15.0 Å². The lowest BCUT2D eigenvalue weighted by atomic mass is 9.92. The van der Waals surface area contributed by atoms with Gasteiger partial charge in [0, 0.05) is 44.9 Å². The zero-order valence-electron chi connectivity index (χ0n) is 14.0. The van der Waals surface area contributed by atoms with E-state index < -0.39 is 0 Å². The molecule has 0 saturated carbocycles. The maximum absolute atomic E-state index is 12.0. The smallest absolute Gasteiger partial charge is 0.222 e. The van der Waals surface area contributed by atoms with Crippen LogP contribution in [0.4, 0.5) is 0 Å². The number of aryl methyl sites for hydroxylation is 1.